The van der Waals surface area contributed by atoms with Crippen LogP contribution in [0.4, 0.5) is 0 Å². The molecule has 1 N–H and O–H groups in total. The summed E-state index contributed by atoms with van der Waals surface area (Å²) in [6, 6.07) is 1.93. The molecule has 1 heterocycles. The number of aryl methyl sites for hydroxylation is 1. The maximum absolute atomic E-state index is 10.4. The van der Waals surface area contributed by atoms with Gasteiger partial charge in [-0.25, -0.2) is 0 Å². The molecule has 3 heteroatoms. The molecule has 1 aliphatic rings. The molecule has 1 aromatic rings. The van der Waals surface area contributed by atoms with Gasteiger partial charge in [-0.05, 0) is 49.5 Å². The van der Waals surface area contributed by atoms with Crippen LogP contribution in [0.5, 0.6) is 0 Å². The molecule has 0 saturated heterocycles. The van der Waals surface area contributed by atoms with E-state index in [1.807, 2.05) is 13.1 Å². The average Bonchev–Trinajstić information content (AvgIpc) is 2.74. The van der Waals surface area contributed by atoms with E-state index >= 15 is 0 Å². The van der Waals surface area contributed by atoms with E-state index in [9.17, 15) is 5.11 Å². The van der Waals surface area contributed by atoms with Gasteiger partial charge in [0.15, 0.2) is 0 Å². The van der Waals surface area contributed by atoms with Crippen molar-refractivity contribution in [3.63, 3.8) is 0 Å². The van der Waals surface area contributed by atoms with E-state index < -0.39 is 0 Å². The van der Waals surface area contributed by atoms with E-state index in [1.54, 1.807) is 10.9 Å². The first kappa shape index (κ1) is 12.6. The minimum Gasteiger partial charge on any atom is -0.387 e. The second kappa shape index (κ2) is 5.21. The predicted molar refractivity (Wildman–Crippen MR) is 68.5 cm³/mol. The molecule has 0 spiro atoms. The van der Waals surface area contributed by atoms with Gasteiger partial charge in [-0.15, -0.1) is 0 Å². The third kappa shape index (κ3) is 2.71. The summed E-state index contributed by atoms with van der Waals surface area (Å²) in [4.78, 5) is 0. The van der Waals surface area contributed by atoms with Crippen molar-refractivity contribution in [3.05, 3.63) is 18.0 Å². The van der Waals surface area contributed by atoms with Crippen LogP contribution in [-0.4, -0.2) is 14.9 Å². The molecular formula is C14H24N2O. The molecule has 3 nitrogen and oxygen atoms in total. The lowest BCUT2D eigenvalue weighted by Crippen LogP contribution is -2.24. The van der Waals surface area contributed by atoms with Crippen LogP contribution in [0, 0.1) is 17.8 Å². The maximum atomic E-state index is 10.4. The van der Waals surface area contributed by atoms with Gasteiger partial charge in [0.25, 0.3) is 0 Å². The molecule has 1 aromatic heterocycles. The highest BCUT2D eigenvalue weighted by Gasteiger charge is 2.29. The molecule has 0 aliphatic heterocycles. The zero-order chi connectivity index (χ0) is 12.4. The minimum atomic E-state index is -0.337. The van der Waals surface area contributed by atoms with Gasteiger partial charge < -0.3 is 5.11 Å². The first-order chi connectivity index (χ1) is 8.09. The van der Waals surface area contributed by atoms with Crippen molar-refractivity contribution in [2.75, 3.05) is 0 Å². The van der Waals surface area contributed by atoms with Crippen molar-refractivity contribution < 1.29 is 5.11 Å². The first-order valence-corrected chi connectivity index (χ1v) is 6.75. The van der Waals surface area contributed by atoms with Crippen LogP contribution < -0.4 is 0 Å². The Balaban J connectivity index is 1.95. The van der Waals surface area contributed by atoms with Crippen molar-refractivity contribution in [1.82, 2.24) is 9.78 Å². The van der Waals surface area contributed by atoms with Gasteiger partial charge >= 0.3 is 0 Å². The van der Waals surface area contributed by atoms with Crippen molar-refractivity contribution in [2.45, 2.75) is 45.6 Å². The normalized spacial score (nSPS) is 27.4. The molecule has 0 aromatic carbocycles. The summed E-state index contributed by atoms with van der Waals surface area (Å²) < 4.78 is 1.79. The summed E-state index contributed by atoms with van der Waals surface area (Å²) in [6.07, 6.45) is 6.24. The van der Waals surface area contributed by atoms with Crippen molar-refractivity contribution in [3.8, 4) is 0 Å². The molecule has 1 saturated carbocycles. The van der Waals surface area contributed by atoms with Crippen LogP contribution in [0.15, 0.2) is 12.3 Å². The average molecular weight is 236 g/mol. The maximum Gasteiger partial charge on any atom is 0.0984 e. The zero-order valence-electron chi connectivity index (χ0n) is 11.1. The highest BCUT2D eigenvalue weighted by atomic mass is 16.3. The monoisotopic (exact) mass is 236 g/mol. The third-order valence-corrected chi connectivity index (χ3v) is 4.37. The second-order valence-electron chi connectivity index (χ2n) is 5.74. The molecule has 1 unspecified atom stereocenters. The highest BCUT2D eigenvalue weighted by Crippen LogP contribution is 2.39. The smallest absolute Gasteiger partial charge is 0.0984 e. The van der Waals surface area contributed by atoms with Crippen molar-refractivity contribution in [2.24, 2.45) is 24.8 Å². The van der Waals surface area contributed by atoms with Crippen LogP contribution in [0.25, 0.3) is 0 Å². The molecule has 1 atom stereocenters. The number of aliphatic hydroxyl groups excluding tert-OH is 1. The molecule has 0 radical (unpaired) electrons. The Hall–Kier alpha value is -0.830. The van der Waals surface area contributed by atoms with Gasteiger partial charge in [-0.1, -0.05) is 13.8 Å². The quantitative estimate of drug-likeness (QED) is 0.876. The summed E-state index contributed by atoms with van der Waals surface area (Å²) in [5.74, 6) is 2.05. The lowest BCUT2D eigenvalue weighted by Gasteiger charge is -2.33. The van der Waals surface area contributed by atoms with Gasteiger partial charge in [0.1, 0.15) is 0 Å². The minimum absolute atomic E-state index is 0.337. The molecule has 2 rings (SSSR count). The molecular weight excluding hydrogens is 212 g/mol. The van der Waals surface area contributed by atoms with Gasteiger partial charge in [0.2, 0.25) is 0 Å². The number of aromatic nitrogens is 2. The fourth-order valence-electron chi connectivity index (χ4n) is 3.04. The molecule has 0 bridgehead atoms. The van der Waals surface area contributed by atoms with E-state index in [0.717, 1.165) is 30.4 Å². The summed E-state index contributed by atoms with van der Waals surface area (Å²) in [5.41, 5.74) is 0.956. The predicted octanol–water partition coefficient (Wildman–Crippen LogP) is 2.92. The third-order valence-electron chi connectivity index (χ3n) is 4.37. The van der Waals surface area contributed by atoms with Crippen LogP contribution in [0.1, 0.15) is 51.3 Å². The topological polar surface area (TPSA) is 38.1 Å². The summed E-state index contributed by atoms with van der Waals surface area (Å²) >= 11 is 0. The van der Waals surface area contributed by atoms with E-state index in [0.29, 0.717) is 5.92 Å². The Morgan fingerprint density at radius 1 is 1.24 bits per heavy atom. The number of hydrogen-bond donors (Lipinski definition) is 1. The van der Waals surface area contributed by atoms with E-state index in [2.05, 4.69) is 18.9 Å². The molecule has 0 amide bonds. The Kier molecular flexibility index (Phi) is 3.87. The van der Waals surface area contributed by atoms with Gasteiger partial charge in [0.05, 0.1) is 11.8 Å². The Labute approximate surface area is 104 Å². The summed E-state index contributed by atoms with van der Waals surface area (Å²) in [5, 5.41) is 14.5. The standard InChI is InChI=1S/C14H24N2O/c1-10(2)11-4-6-12(7-5-11)14(17)13-8-9-15-16(13)3/h8-12,14,17H,4-7H2,1-3H3. The molecule has 17 heavy (non-hydrogen) atoms. The molecule has 1 fully saturated rings. The summed E-state index contributed by atoms with van der Waals surface area (Å²) in [7, 11) is 1.90. The van der Waals surface area contributed by atoms with Crippen LogP contribution in [0.3, 0.4) is 0 Å². The zero-order valence-corrected chi connectivity index (χ0v) is 11.1. The number of aliphatic hydroxyl groups is 1. The Morgan fingerprint density at radius 2 is 1.82 bits per heavy atom. The number of rotatable bonds is 3. The largest absolute Gasteiger partial charge is 0.387 e. The van der Waals surface area contributed by atoms with Crippen LogP contribution in [0.2, 0.25) is 0 Å². The fraction of sp³-hybridized carbons (Fsp3) is 0.786. The Morgan fingerprint density at radius 3 is 2.29 bits per heavy atom. The molecule has 96 valence electrons. The van der Waals surface area contributed by atoms with Gasteiger partial charge in [-0.3, -0.25) is 4.68 Å². The first-order valence-electron chi connectivity index (χ1n) is 6.75. The van der Waals surface area contributed by atoms with E-state index in [-0.39, 0.29) is 6.10 Å². The lowest BCUT2D eigenvalue weighted by atomic mass is 9.75. The van der Waals surface area contributed by atoms with Crippen LogP contribution >= 0.6 is 0 Å². The van der Waals surface area contributed by atoms with Gasteiger partial charge in [0, 0.05) is 13.2 Å². The SMILES string of the molecule is CC(C)C1CCC(C(O)c2ccnn2C)CC1. The van der Waals surface area contributed by atoms with Crippen molar-refractivity contribution >= 4 is 0 Å². The molecule has 1 aliphatic carbocycles. The van der Waals surface area contributed by atoms with Crippen LogP contribution in [-0.2, 0) is 7.05 Å². The second-order valence-corrected chi connectivity index (χ2v) is 5.74. The van der Waals surface area contributed by atoms with Crippen molar-refractivity contribution in [1.29, 1.82) is 0 Å². The lowest BCUT2D eigenvalue weighted by molar-refractivity contribution is 0.0608. The van der Waals surface area contributed by atoms with E-state index in [4.69, 9.17) is 0 Å². The summed E-state index contributed by atoms with van der Waals surface area (Å²) in [6.45, 7) is 4.62. The fourth-order valence-corrected chi connectivity index (χ4v) is 3.04. The number of hydrogen-bond acceptors (Lipinski definition) is 2. The number of nitrogens with zero attached hydrogens (tertiary/aromatic N) is 2. The Bertz CT molecular complexity index is 351. The highest BCUT2D eigenvalue weighted by molar-refractivity contribution is 5.05. The van der Waals surface area contributed by atoms with Gasteiger partial charge in [-0.2, -0.15) is 5.10 Å². The van der Waals surface area contributed by atoms with E-state index in [1.165, 1.54) is 12.8 Å².